The van der Waals surface area contributed by atoms with Crippen molar-refractivity contribution in [1.82, 2.24) is 4.90 Å². The average molecular weight is 268 g/mol. The molecule has 1 aromatic carbocycles. The topological polar surface area (TPSA) is 85.0 Å². The SMILES string of the molecule is COCCN(CCO)C(=O)c1cc(N)cc(OC)c1. The lowest BCUT2D eigenvalue weighted by molar-refractivity contribution is 0.0656. The number of aliphatic hydroxyl groups is 1. The number of carbonyl (C=O) groups excluding carboxylic acids is 1. The van der Waals surface area contributed by atoms with Gasteiger partial charge in [-0.3, -0.25) is 4.79 Å². The summed E-state index contributed by atoms with van der Waals surface area (Å²) in [6.07, 6.45) is 0. The van der Waals surface area contributed by atoms with Crippen LogP contribution in [0, 0.1) is 0 Å². The molecule has 0 atom stereocenters. The van der Waals surface area contributed by atoms with Crippen LogP contribution in [-0.4, -0.2) is 56.4 Å². The molecular formula is C13H20N2O4. The molecule has 0 radical (unpaired) electrons. The second-order valence-electron chi connectivity index (χ2n) is 4.00. The molecule has 0 aliphatic carbocycles. The van der Waals surface area contributed by atoms with E-state index in [1.807, 2.05) is 0 Å². The molecule has 0 heterocycles. The normalized spacial score (nSPS) is 10.3. The fraction of sp³-hybridized carbons (Fsp3) is 0.462. The minimum atomic E-state index is -0.211. The summed E-state index contributed by atoms with van der Waals surface area (Å²) in [4.78, 5) is 13.8. The van der Waals surface area contributed by atoms with Crippen molar-refractivity contribution in [3.8, 4) is 5.75 Å². The first-order valence-corrected chi connectivity index (χ1v) is 5.96. The molecule has 0 bridgehead atoms. The lowest BCUT2D eigenvalue weighted by Gasteiger charge is -2.21. The van der Waals surface area contributed by atoms with Crippen molar-refractivity contribution in [2.24, 2.45) is 0 Å². The molecule has 1 aromatic rings. The molecule has 3 N–H and O–H groups in total. The first-order chi connectivity index (χ1) is 9.12. The van der Waals surface area contributed by atoms with Crippen molar-refractivity contribution in [2.75, 3.05) is 46.3 Å². The van der Waals surface area contributed by atoms with Crippen LogP contribution < -0.4 is 10.5 Å². The van der Waals surface area contributed by atoms with Crippen LogP contribution in [-0.2, 0) is 4.74 Å². The summed E-state index contributed by atoms with van der Waals surface area (Å²) in [5, 5.41) is 9.00. The third kappa shape index (κ3) is 4.42. The van der Waals surface area contributed by atoms with E-state index in [1.165, 1.54) is 12.0 Å². The number of amides is 1. The van der Waals surface area contributed by atoms with E-state index in [2.05, 4.69) is 0 Å². The van der Waals surface area contributed by atoms with Crippen LogP contribution in [0.3, 0.4) is 0 Å². The Morgan fingerprint density at radius 1 is 1.32 bits per heavy atom. The number of nitrogens with two attached hydrogens (primary N) is 1. The molecule has 0 aliphatic heterocycles. The molecule has 0 unspecified atom stereocenters. The van der Waals surface area contributed by atoms with E-state index in [9.17, 15) is 4.79 Å². The maximum Gasteiger partial charge on any atom is 0.254 e. The van der Waals surface area contributed by atoms with Gasteiger partial charge in [-0.1, -0.05) is 0 Å². The lowest BCUT2D eigenvalue weighted by atomic mass is 10.1. The number of ether oxygens (including phenoxy) is 2. The highest BCUT2D eigenvalue weighted by atomic mass is 16.5. The summed E-state index contributed by atoms with van der Waals surface area (Å²) in [5.74, 6) is 0.315. The summed E-state index contributed by atoms with van der Waals surface area (Å²) in [5.41, 5.74) is 6.61. The van der Waals surface area contributed by atoms with Gasteiger partial charge in [0.25, 0.3) is 5.91 Å². The predicted molar refractivity (Wildman–Crippen MR) is 72.3 cm³/mol. The Morgan fingerprint density at radius 2 is 2.05 bits per heavy atom. The van der Waals surface area contributed by atoms with E-state index in [0.29, 0.717) is 30.2 Å². The molecule has 6 heteroatoms. The fourth-order valence-corrected chi connectivity index (χ4v) is 1.68. The van der Waals surface area contributed by atoms with Gasteiger partial charge in [-0.2, -0.15) is 0 Å². The van der Waals surface area contributed by atoms with E-state index in [-0.39, 0.29) is 19.1 Å². The highest BCUT2D eigenvalue weighted by molar-refractivity contribution is 5.95. The number of aliphatic hydroxyl groups excluding tert-OH is 1. The van der Waals surface area contributed by atoms with Crippen molar-refractivity contribution in [3.63, 3.8) is 0 Å². The summed E-state index contributed by atoms with van der Waals surface area (Å²) in [7, 11) is 3.07. The predicted octanol–water partition coefficient (Wildman–Crippen LogP) is 0.358. The summed E-state index contributed by atoms with van der Waals surface area (Å²) < 4.78 is 10.0. The van der Waals surface area contributed by atoms with E-state index in [0.717, 1.165) is 0 Å². The van der Waals surface area contributed by atoms with Gasteiger partial charge in [-0.05, 0) is 12.1 Å². The largest absolute Gasteiger partial charge is 0.497 e. The zero-order valence-electron chi connectivity index (χ0n) is 11.3. The number of methoxy groups -OCH3 is 2. The van der Waals surface area contributed by atoms with E-state index < -0.39 is 0 Å². The third-order valence-electron chi connectivity index (χ3n) is 2.63. The zero-order chi connectivity index (χ0) is 14.3. The first-order valence-electron chi connectivity index (χ1n) is 5.96. The third-order valence-corrected chi connectivity index (χ3v) is 2.63. The molecule has 0 saturated carbocycles. The molecule has 0 fully saturated rings. The van der Waals surface area contributed by atoms with Gasteiger partial charge in [0.05, 0.1) is 20.3 Å². The van der Waals surface area contributed by atoms with Gasteiger partial charge in [-0.15, -0.1) is 0 Å². The van der Waals surface area contributed by atoms with Gasteiger partial charge in [0, 0.05) is 37.5 Å². The maximum absolute atomic E-state index is 12.3. The number of nitrogens with zero attached hydrogens (tertiary/aromatic N) is 1. The Hall–Kier alpha value is -1.79. The van der Waals surface area contributed by atoms with Crippen LogP contribution in [0.1, 0.15) is 10.4 Å². The molecule has 0 aromatic heterocycles. The molecule has 0 aliphatic rings. The zero-order valence-corrected chi connectivity index (χ0v) is 11.3. The quantitative estimate of drug-likeness (QED) is 0.697. The lowest BCUT2D eigenvalue weighted by Crippen LogP contribution is -2.36. The molecule has 0 saturated heterocycles. The van der Waals surface area contributed by atoms with Crippen LogP contribution in [0.4, 0.5) is 5.69 Å². The first kappa shape index (κ1) is 15.3. The second-order valence-corrected chi connectivity index (χ2v) is 4.00. The molecule has 19 heavy (non-hydrogen) atoms. The van der Waals surface area contributed by atoms with Gasteiger partial charge in [0.15, 0.2) is 0 Å². The maximum atomic E-state index is 12.3. The minimum Gasteiger partial charge on any atom is -0.497 e. The second kappa shape index (κ2) is 7.60. The van der Waals surface area contributed by atoms with Gasteiger partial charge in [0.1, 0.15) is 5.75 Å². The van der Waals surface area contributed by atoms with Crippen LogP contribution >= 0.6 is 0 Å². The van der Waals surface area contributed by atoms with E-state index in [4.69, 9.17) is 20.3 Å². The highest BCUT2D eigenvalue weighted by Crippen LogP contribution is 2.19. The number of hydrogen-bond donors (Lipinski definition) is 2. The van der Waals surface area contributed by atoms with E-state index >= 15 is 0 Å². The molecule has 1 rings (SSSR count). The van der Waals surface area contributed by atoms with Crippen molar-refractivity contribution >= 4 is 11.6 Å². The average Bonchev–Trinajstić information content (AvgIpc) is 2.41. The van der Waals surface area contributed by atoms with Gasteiger partial charge >= 0.3 is 0 Å². The van der Waals surface area contributed by atoms with Crippen molar-refractivity contribution in [1.29, 1.82) is 0 Å². The van der Waals surface area contributed by atoms with Gasteiger partial charge in [-0.25, -0.2) is 0 Å². The van der Waals surface area contributed by atoms with Gasteiger partial charge < -0.3 is 25.2 Å². The van der Waals surface area contributed by atoms with E-state index in [1.54, 1.807) is 25.3 Å². The fourth-order valence-electron chi connectivity index (χ4n) is 1.68. The number of anilines is 1. The van der Waals surface area contributed by atoms with Crippen molar-refractivity contribution in [2.45, 2.75) is 0 Å². The van der Waals surface area contributed by atoms with Crippen LogP contribution in [0.5, 0.6) is 5.75 Å². The van der Waals surface area contributed by atoms with Crippen LogP contribution in [0.15, 0.2) is 18.2 Å². The number of hydrogen-bond acceptors (Lipinski definition) is 5. The highest BCUT2D eigenvalue weighted by Gasteiger charge is 2.16. The number of carbonyl (C=O) groups is 1. The number of rotatable bonds is 7. The van der Waals surface area contributed by atoms with Crippen LogP contribution in [0.25, 0.3) is 0 Å². The standard InChI is InChI=1S/C13H20N2O4/c1-18-6-4-15(3-5-16)13(17)10-7-11(14)9-12(8-10)19-2/h7-9,16H,3-6,14H2,1-2H3. The Kier molecular flexibility index (Phi) is 6.11. The molecule has 1 amide bonds. The Balaban J connectivity index is 2.91. The van der Waals surface area contributed by atoms with Gasteiger partial charge in [0.2, 0.25) is 0 Å². The summed E-state index contributed by atoms with van der Waals surface area (Å²) >= 11 is 0. The monoisotopic (exact) mass is 268 g/mol. The Morgan fingerprint density at radius 3 is 2.63 bits per heavy atom. The molecule has 6 nitrogen and oxygen atoms in total. The molecule has 106 valence electrons. The minimum absolute atomic E-state index is 0.102. The Labute approximate surface area is 112 Å². The number of nitrogen functional groups attached to an aromatic ring is 1. The molecule has 0 spiro atoms. The Bertz CT molecular complexity index is 423. The van der Waals surface area contributed by atoms with Crippen molar-refractivity contribution < 1.29 is 19.4 Å². The molecular weight excluding hydrogens is 248 g/mol. The summed E-state index contributed by atoms with van der Waals surface area (Å²) in [6.45, 7) is 0.965. The van der Waals surface area contributed by atoms with Crippen molar-refractivity contribution in [3.05, 3.63) is 23.8 Å². The number of benzene rings is 1. The van der Waals surface area contributed by atoms with Crippen LogP contribution in [0.2, 0.25) is 0 Å². The summed E-state index contributed by atoms with van der Waals surface area (Å²) in [6, 6.07) is 4.85. The smallest absolute Gasteiger partial charge is 0.254 e.